The van der Waals surface area contributed by atoms with Gasteiger partial charge in [0.25, 0.3) is 0 Å². The van der Waals surface area contributed by atoms with Crippen molar-refractivity contribution in [2.24, 2.45) is 0 Å². The lowest BCUT2D eigenvalue weighted by molar-refractivity contribution is 0.345. The van der Waals surface area contributed by atoms with Gasteiger partial charge >= 0.3 is 0 Å². The predicted octanol–water partition coefficient (Wildman–Crippen LogP) is 2.79. The van der Waals surface area contributed by atoms with Crippen LogP contribution in [0.1, 0.15) is 11.1 Å². The normalized spacial score (nSPS) is 10.9. The van der Waals surface area contributed by atoms with Crippen LogP contribution >= 0.6 is 12.2 Å². The molecule has 0 aliphatic rings. The summed E-state index contributed by atoms with van der Waals surface area (Å²) in [6.45, 7) is 2.83. The number of hydrogen-bond donors (Lipinski definition) is 2. The first-order chi connectivity index (χ1) is 13.1. The van der Waals surface area contributed by atoms with E-state index in [4.69, 9.17) is 17.0 Å². The monoisotopic (exact) mass is 384 g/mol. The molecule has 0 bridgehead atoms. The highest BCUT2D eigenvalue weighted by atomic mass is 32.1. The first-order valence-electron chi connectivity index (χ1n) is 9.06. The van der Waals surface area contributed by atoms with Crippen molar-refractivity contribution < 1.29 is 4.74 Å². The maximum Gasteiger partial charge on any atom is 0.213 e. The Bertz CT molecular complexity index is 719. The van der Waals surface area contributed by atoms with Crippen LogP contribution < -0.4 is 15.4 Å². The van der Waals surface area contributed by atoms with Crippen molar-refractivity contribution >= 4 is 17.3 Å². The van der Waals surface area contributed by atoms with Crippen LogP contribution in [0.15, 0.2) is 60.8 Å². The number of aromatic nitrogens is 1. The van der Waals surface area contributed by atoms with Gasteiger partial charge in [0.2, 0.25) is 5.88 Å². The molecule has 2 aromatic rings. The minimum Gasteiger partial charge on any atom is -0.473 e. The number of ether oxygens (including phenoxy) is 1. The van der Waals surface area contributed by atoms with Crippen molar-refractivity contribution in [3.8, 4) is 5.88 Å². The third kappa shape index (κ3) is 9.17. The molecule has 0 saturated carbocycles. The van der Waals surface area contributed by atoms with Gasteiger partial charge < -0.3 is 20.3 Å². The number of nitrogens with one attached hydrogen (secondary N) is 2. The van der Waals surface area contributed by atoms with Crippen LogP contribution in [-0.4, -0.2) is 48.8 Å². The van der Waals surface area contributed by atoms with Gasteiger partial charge in [0.1, 0.15) is 6.61 Å². The Hall–Kier alpha value is -2.44. The second kappa shape index (κ2) is 12.0. The lowest BCUT2D eigenvalue weighted by Crippen LogP contribution is -2.36. The second-order valence-corrected chi connectivity index (χ2v) is 6.80. The molecule has 0 aliphatic carbocycles. The van der Waals surface area contributed by atoms with Crippen LogP contribution in [0.2, 0.25) is 0 Å². The van der Waals surface area contributed by atoms with Gasteiger partial charge in [-0.3, -0.25) is 0 Å². The lowest BCUT2D eigenvalue weighted by atomic mass is 10.1. The summed E-state index contributed by atoms with van der Waals surface area (Å²) in [7, 11) is 4.08. The average molecular weight is 385 g/mol. The molecule has 0 radical (unpaired) electrons. The fourth-order valence-electron chi connectivity index (χ4n) is 2.46. The quantitative estimate of drug-likeness (QED) is 0.485. The van der Waals surface area contributed by atoms with Crippen LogP contribution in [0.25, 0.3) is 0 Å². The molecule has 0 saturated heterocycles. The van der Waals surface area contributed by atoms with Gasteiger partial charge in [-0.1, -0.05) is 36.4 Å². The molecule has 27 heavy (non-hydrogen) atoms. The summed E-state index contributed by atoms with van der Waals surface area (Å²) >= 11 is 5.27. The summed E-state index contributed by atoms with van der Waals surface area (Å²) in [5.74, 6) is 0.644. The van der Waals surface area contributed by atoms with Crippen molar-refractivity contribution in [3.63, 3.8) is 0 Å². The fraction of sp³-hybridized carbons (Fsp3) is 0.333. The summed E-state index contributed by atoms with van der Waals surface area (Å²) in [5, 5.41) is 7.03. The molecule has 1 heterocycles. The van der Waals surface area contributed by atoms with Crippen molar-refractivity contribution in [2.75, 3.05) is 33.8 Å². The van der Waals surface area contributed by atoms with Gasteiger partial charge in [0.15, 0.2) is 5.11 Å². The Morgan fingerprint density at radius 3 is 2.70 bits per heavy atom. The first-order valence-corrected chi connectivity index (χ1v) is 9.47. The van der Waals surface area contributed by atoms with Gasteiger partial charge in [-0.15, -0.1) is 0 Å². The van der Waals surface area contributed by atoms with Gasteiger partial charge in [-0.2, -0.15) is 0 Å². The first kappa shape index (κ1) is 20.9. The molecule has 0 amide bonds. The number of pyridine rings is 1. The zero-order valence-electron chi connectivity index (χ0n) is 16.0. The standard InChI is InChI=1S/C21H28N4OS/c1-25(2)17-19-11-13-22-20(16-19)26-15-7-6-12-23-21(27)24-14-10-18-8-4-3-5-9-18/h3-9,11,13,16H,10,12,14-15,17H2,1-2H3,(H2,23,24,27)/b7-6-. The number of hydrogen-bond acceptors (Lipinski definition) is 4. The maximum absolute atomic E-state index is 5.66. The molecule has 2 N–H and O–H groups in total. The molecule has 0 spiro atoms. The Morgan fingerprint density at radius 1 is 1.11 bits per heavy atom. The molecule has 0 atom stereocenters. The highest BCUT2D eigenvalue weighted by molar-refractivity contribution is 7.80. The summed E-state index contributed by atoms with van der Waals surface area (Å²) in [5.41, 5.74) is 2.48. The van der Waals surface area contributed by atoms with E-state index in [2.05, 4.69) is 32.7 Å². The van der Waals surface area contributed by atoms with E-state index >= 15 is 0 Å². The Morgan fingerprint density at radius 2 is 1.93 bits per heavy atom. The molecule has 0 unspecified atom stereocenters. The molecule has 144 valence electrons. The summed E-state index contributed by atoms with van der Waals surface area (Å²) < 4.78 is 5.66. The van der Waals surface area contributed by atoms with Gasteiger partial charge in [-0.05, 0) is 56.0 Å². The molecule has 6 heteroatoms. The van der Waals surface area contributed by atoms with E-state index in [1.54, 1.807) is 6.20 Å². The third-order valence-corrected chi connectivity index (χ3v) is 4.00. The highest BCUT2D eigenvalue weighted by Crippen LogP contribution is 2.10. The van der Waals surface area contributed by atoms with E-state index in [-0.39, 0.29) is 0 Å². The van der Waals surface area contributed by atoms with E-state index in [9.17, 15) is 0 Å². The smallest absolute Gasteiger partial charge is 0.213 e. The van der Waals surface area contributed by atoms with Gasteiger partial charge in [0.05, 0.1) is 0 Å². The molecule has 2 rings (SSSR count). The lowest BCUT2D eigenvalue weighted by Gasteiger charge is -2.10. The molecule has 1 aromatic carbocycles. The second-order valence-electron chi connectivity index (χ2n) is 6.39. The molecule has 1 aromatic heterocycles. The topological polar surface area (TPSA) is 49.4 Å². The minimum absolute atomic E-state index is 0.480. The summed E-state index contributed by atoms with van der Waals surface area (Å²) in [6, 6.07) is 14.3. The van der Waals surface area contributed by atoms with E-state index in [0.717, 1.165) is 19.5 Å². The zero-order valence-corrected chi connectivity index (χ0v) is 16.8. The van der Waals surface area contributed by atoms with E-state index in [1.165, 1.54) is 11.1 Å². The maximum atomic E-state index is 5.66. The zero-order chi connectivity index (χ0) is 19.3. The van der Waals surface area contributed by atoms with Crippen molar-refractivity contribution in [2.45, 2.75) is 13.0 Å². The van der Waals surface area contributed by atoms with E-state index in [1.807, 2.05) is 56.6 Å². The Kier molecular flexibility index (Phi) is 9.30. The predicted molar refractivity (Wildman–Crippen MR) is 115 cm³/mol. The Balaban J connectivity index is 1.57. The SMILES string of the molecule is CN(C)Cc1ccnc(OC/C=C\CNC(=S)NCCc2ccccc2)c1. The molecule has 0 aliphatic heterocycles. The molecule has 0 fully saturated rings. The molecular formula is C21H28N4OS. The number of benzene rings is 1. The van der Waals surface area contributed by atoms with E-state index < -0.39 is 0 Å². The molecular weight excluding hydrogens is 356 g/mol. The third-order valence-electron chi connectivity index (χ3n) is 3.71. The van der Waals surface area contributed by atoms with Crippen LogP contribution in [0.3, 0.4) is 0 Å². The highest BCUT2D eigenvalue weighted by Gasteiger charge is 1.99. The van der Waals surface area contributed by atoms with E-state index in [0.29, 0.717) is 24.1 Å². The average Bonchev–Trinajstić information content (AvgIpc) is 2.65. The van der Waals surface area contributed by atoms with Crippen molar-refractivity contribution in [1.82, 2.24) is 20.5 Å². The van der Waals surface area contributed by atoms with Crippen LogP contribution in [0.5, 0.6) is 5.88 Å². The van der Waals surface area contributed by atoms with Crippen molar-refractivity contribution in [3.05, 3.63) is 71.9 Å². The van der Waals surface area contributed by atoms with Crippen LogP contribution in [0, 0.1) is 0 Å². The minimum atomic E-state index is 0.480. The van der Waals surface area contributed by atoms with Crippen LogP contribution in [-0.2, 0) is 13.0 Å². The summed E-state index contributed by atoms with van der Waals surface area (Å²) in [6.07, 6.45) is 6.68. The van der Waals surface area contributed by atoms with Gasteiger partial charge in [0, 0.05) is 31.9 Å². The largest absolute Gasteiger partial charge is 0.473 e. The summed E-state index contributed by atoms with van der Waals surface area (Å²) in [4.78, 5) is 6.34. The Labute approximate surface area is 167 Å². The number of nitrogens with zero attached hydrogens (tertiary/aromatic N) is 2. The number of thiocarbonyl (C=S) groups is 1. The van der Waals surface area contributed by atoms with Crippen molar-refractivity contribution in [1.29, 1.82) is 0 Å². The van der Waals surface area contributed by atoms with Gasteiger partial charge in [-0.25, -0.2) is 4.98 Å². The van der Waals surface area contributed by atoms with Crippen LogP contribution in [0.4, 0.5) is 0 Å². The molecule has 5 nitrogen and oxygen atoms in total. The number of rotatable bonds is 10. The fourth-order valence-corrected chi connectivity index (χ4v) is 2.64.